The van der Waals surface area contributed by atoms with Crippen molar-refractivity contribution in [2.45, 2.75) is 19.7 Å². The Bertz CT molecular complexity index is 1190. The van der Waals surface area contributed by atoms with Crippen LogP contribution in [-0.2, 0) is 6.42 Å². The molecule has 1 aromatic carbocycles. The summed E-state index contributed by atoms with van der Waals surface area (Å²) < 4.78 is 42.5. The van der Waals surface area contributed by atoms with Gasteiger partial charge < -0.3 is 10.1 Å². The van der Waals surface area contributed by atoms with Gasteiger partial charge in [-0.15, -0.1) is 13.2 Å². The fourth-order valence-electron chi connectivity index (χ4n) is 2.89. The molecule has 3 heterocycles. The van der Waals surface area contributed by atoms with Crippen molar-refractivity contribution in [3.8, 4) is 11.6 Å². The fraction of sp³-hybridized carbons (Fsp3) is 0.158. The predicted molar refractivity (Wildman–Crippen MR) is 105 cm³/mol. The third-order valence-corrected chi connectivity index (χ3v) is 4.28. The van der Waals surface area contributed by atoms with Crippen molar-refractivity contribution >= 4 is 34.3 Å². The quantitative estimate of drug-likeness (QED) is 0.472. The van der Waals surface area contributed by atoms with E-state index in [1.54, 1.807) is 12.3 Å². The minimum Gasteiger partial charge on any atom is -0.406 e. The van der Waals surface area contributed by atoms with E-state index in [4.69, 9.17) is 11.6 Å². The molecule has 0 aliphatic carbocycles. The number of anilines is 2. The molecular formula is C19H14ClF3N6O. The Hall–Kier alpha value is -3.40. The number of benzene rings is 1. The van der Waals surface area contributed by atoms with Crippen LogP contribution in [0.5, 0.6) is 5.75 Å². The highest BCUT2D eigenvalue weighted by molar-refractivity contribution is 6.31. The van der Waals surface area contributed by atoms with Crippen molar-refractivity contribution in [3.05, 3.63) is 59.8 Å². The zero-order chi connectivity index (χ0) is 21.3. The molecule has 30 heavy (non-hydrogen) atoms. The Morgan fingerprint density at radius 3 is 2.57 bits per heavy atom. The van der Waals surface area contributed by atoms with Crippen LogP contribution >= 0.6 is 11.6 Å². The average molecular weight is 435 g/mol. The summed E-state index contributed by atoms with van der Waals surface area (Å²) in [6.45, 7) is 1.96. The predicted octanol–water partition coefficient (Wildman–Crippen LogP) is 5.07. The molecule has 0 fully saturated rings. The van der Waals surface area contributed by atoms with E-state index in [0.717, 1.165) is 5.82 Å². The number of pyridine rings is 1. The fourth-order valence-corrected chi connectivity index (χ4v) is 3.04. The Labute approximate surface area is 173 Å². The lowest BCUT2D eigenvalue weighted by atomic mass is 10.3. The van der Waals surface area contributed by atoms with Crippen LogP contribution in [0.3, 0.4) is 0 Å². The molecule has 4 rings (SSSR count). The largest absolute Gasteiger partial charge is 0.573 e. The van der Waals surface area contributed by atoms with Crippen molar-refractivity contribution in [2.24, 2.45) is 0 Å². The first-order valence-corrected chi connectivity index (χ1v) is 9.18. The van der Waals surface area contributed by atoms with Gasteiger partial charge in [0.1, 0.15) is 11.6 Å². The molecule has 3 aromatic heterocycles. The molecule has 0 spiro atoms. The number of aromatic nitrogens is 5. The summed E-state index contributed by atoms with van der Waals surface area (Å²) >= 11 is 6.09. The highest BCUT2D eigenvalue weighted by Crippen LogP contribution is 2.26. The summed E-state index contributed by atoms with van der Waals surface area (Å²) in [4.78, 5) is 17.5. The van der Waals surface area contributed by atoms with E-state index in [9.17, 15) is 13.2 Å². The van der Waals surface area contributed by atoms with Crippen LogP contribution in [0, 0.1) is 0 Å². The van der Waals surface area contributed by atoms with Gasteiger partial charge in [-0.2, -0.15) is 0 Å². The van der Waals surface area contributed by atoms with Gasteiger partial charge in [0.25, 0.3) is 0 Å². The number of alkyl halides is 3. The topological polar surface area (TPSA) is 77.8 Å². The van der Waals surface area contributed by atoms with Gasteiger partial charge in [-0.25, -0.2) is 15.0 Å². The van der Waals surface area contributed by atoms with Crippen LogP contribution in [0.25, 0.3) is 17.0 Å². The van der Waals surface area contributed by atoms with E-state index in [0.29, 0.717) is 39.9 Å². The summed E-state index contributed by atoms with van der Waals surface area (Å²) in [6, 6.07) is 7.06. The van der Waals surface area contributed by atoms with Crippen molar-refractivity contribution in [1.29, 1.82) is 0 Å². The van der Waals surface area contributed by atoms with Crippen LogP contribution in [0.1, 0.15) is 12.7 Å². The number of nitrogens with zero attached hydrogens (tertiary/aromatic N) is 5. The van der Waals surface area contributed by atoms with Gasteiger partial charge in [0.15, 0.2) is 17.3 Å². The summed E-state index contributed by atoms with van der Waals surface area (Å²) in [7, 11) is 0. The van der Waals surface area contributed by atoms with Crippen LogP contribution in [0.4, 0.5) is 24.7 Å². The van der Waals surface area contributed by atoms with Crippen molar-refractivity contribution in [3.63, 3.8) is 0 Å². The number of aryl methyl sites for hydroxylation is 1. The Morgan fingerprint density at radius 1 is 1.10 bits per heavy atom. The maximum atomic E-state index is 12.3. The lowest BCUT2D eigenvalue weighted by Crippen LogP contribution is -2.17. The monoisotopic (exact) mass is 434 g/mol. The van der Waals surface area contributed by atoms with Crippen LogP contribution < -0.4 is 10.1 Å². The van der Waals surface area contributed by atoms with Gasteiger partial charge in [-0.1, -0.05) is 18.5 Å². The molecule has 154 valence electrons. The van der Waals surface area contributed by atoms with Crippen LogP contribution in [0.2, 0.25) is 5.02 Å². The average Bonchev–Trinajstić information content (AvgIpc) is 3.06. The first-order chi connectivity index (χ1) is 14.3. The minimum atomic E-state index is -4.74. The smallest absolute Gasteiger partial charge is 0.406 e. The first kappa shape index (κ1) is 19.9. The van der Waals surface area contributed by atoms with Gasteiger partial charge in [0.2, 0.25) is 0 Å². The molecule has 11 heteroatoms. The maximum absolute atomic E-state index is 12.3. The highest BCUT2D eigenvalue weighted by Gasteiger charge is 2.30. The second-order valence-electron chi connectivity index (χ2n) is 6.17. The normalized spacial score (nSPS) is 11.6. The number of ether oxygens (including phenoxy) is 1. The van der Waals surface area contributed by atoms with E-state index >= 15 is 0 Å². The summed E-state index contributed by atoms with van der Waals surface area (Å²) in [5.74, 6) is 1.32. The SMILES string of the molecule is CCc1nc2ncc(Cl)cc2n1-c1cncc(Nc2ccc(OC(F)(F)F)cc2)n1. The van der Waals surface area contributed by atoms with E-state index < -0.39 is 6.36 Å². The molecule has 0 unspecified atom stereocenters. The highest BCUT2D eigenvalue weighted by atomic mass is 35.5. The number of hydrogen-bond donors (Lipinski definition) is 1. The molecular weight excluding hydrogens is 421 g/mol. The van der Waals surface area contributed by atoms with E-state index in [-0.39, 0.29) is 5.75 Å². The van der Waals surface area contributed by atoms with Crippen LogP contribution in [-0.4, -0.2) is 30.9 Å². The number of hydrogen-bond acceptors (Lipinski definition) is 6. The third kappa shape index (κ3) is 4.28. The molecule has 7 nitrogen and oxygen atoms in total. The molecule has 0 amide bonds. The number of halogens is 4. The van der Waals surface area contributed by atoms with E-state index in [2.05, 4.69) is 30.0 Å². The van der Waals surface area contributed by atoms with Gasteiger partial charge >= 0.3 is 6.36 Å². The lowest BCUT2D eigenvalue weighted by Gasteiger charge is -2.11. The minimum absolute atomic E-state index is 0.310. The molecule has 0 aliphatic rings. The maximum Gasteiger partial charge on any atom is 0.573 e. The van der Waals surface area contributed by atoms with Gasteiger partial charge in [-0.05, 0) is 30.3 Å². The molecule has 1 N–H and O–H groups in total. The van der Waals surface area contributed by atoms with Gasteiger partial charge in [0, 0.05) is 18.3 Å². The zero-order valence-electron chi connectivity index (χ0n) is 15.5. The van der Waals surface area contributed by atoms with Crippen LogP contribution in [0.15, 0.2) is 48.9 Å². The Morgan fingerprint density at radius 2 is 1.87 bits per heavy atom. The molecule has 0 saturated carbocycles. The summed E-state index contributed by atoms with van der Waals surface area (Å²) in [5, 5.41) is 3.47. The standard InChI is InChI=1S/C19H14ClF3N6O/c1-2-16-28-18-14(7-11(20)8-25-18)29(16)17-10-24-9-15(27-17)26-12-3-5-13(6-4-12)30-19(21,22)23/h3-10H,2H2,1H3,(H,26,27). The Kier molecular flexibility index (Phi) is 5.17. The van der Waals surface area contributed by atoms with Crippen molar-refractivity contribution in [1.82, 2.24) is 24.5 Å². The van der Waals surface area contributed by atoms with E-state index in [1.807, 2.05) is 11.5 Å². The lowest BCUT2D eigenvalue weighted by molar-refractivity contribution is -0.274. The molecule has 0 saturated heterocycles. The van der Waals surface area contributed by atoms with Crippen molar-refractivity contribution in [2.75, 3.05) is 5.32 Å². The second kappa shape index (κ2) is 7.79. The molecule has 0 atom stereocenters. The number of fused-ring (bicyclic) bond motifs is 1. The van der Waals surface area contributed by atoms with Gasteiger partial charge in [-0.3, -0.25) is 9.55 Å². The molecule has 0 aliphatic heterocycles. The van der Waals surface area contributed by atoms with Crippen molar-refractivity contribution < 1.29 is 17.9 Å². The van der Waals surface area contributed by atoms with Gasteiger partial charge in [0.05, 0.1) is 22.9 Å². The molecule has 4 aromatic rings. The summed E-state index contributed by atoms with van der Waals surface area (Å²) in [5.41, 5.74) is 1.75. The third-order valence-electron chi connectivity index (χ3n) is 4.08. The molecule has 0 radical (unpaired) electrons. The number of rotatable bonds is 5. The first-order valence-electron chi connectivity index (χ1n) is 8.80. The Balaban J connectivity index is 1.64. The second-order valence-corrected chi connectivity index (χ2v) is 6.61. The zero-order valence-corrected chi connectivity index (χ0v) is 16.2. The summed E-state index contributed by atoms with van der Waals surface area (Å²) in [6.07, 6.45) is 0.494. The number of nitrogens with one attached hydrogen (secondary N) is 1. The van der Waals surface area contributed by atoms with E-state index in [1.165, 1.54) is 36.7 Å². The molecule has 0 bridgehead atoms. The number of imidazole rings is 1.